The maximum Gasteiger partial charge on any atom is 0.320 e. The number of imidazole rings is 1. The van der Waals surface area contributed by atoms with Gasteiger partial charge >= 0.3 is 6.03 Å². The Morgan fingerprint density at radius 1 is 1.22 bits per heavy atom. The summed E-state index contributed by atoms with van der Waals surface area (Å²) >= 11 is 3.12. The third-order valence-electron chi connectivity index (χ3n) is 7.99. The fraction of sp³-hybridized carbons (Fsp3) is 0.519. The van der Waals surface area contributed by atoms with Gasteiger partial charge in [-0.1, -0.05) is 18.7 Å². The molecular weight excluding hydrogens is 565 g/mol. The number of carbonyl (C=O) groups is 1. The van der Waals surface area contributed by atoms with Gasteiger partial charge in [-0.2, -0.15) is 5.26 Å². The van der Waals surface area contributed by atoms with Crippen molar-refractivity contribution in [1.29, 1.82) is 5.26 Å². The predicted octanol–water partition coefficient (Wildman–Crippen LogP) is 2.92. The van der Waals surface area contributed by atoms with Crippen LogP contribution in [0.1, 0.15) is 24.6 Å². The van der Waals surface area contributed by atoms with Crippen molar-refractivity contribution in [2.75, 3.05) is 63.8 Å². The van der Waals surface area contributed by atoms with Crippen LogP contribution < -0.4 is 15.6 Å². The number of morpholine rings is 1. The molecule has 4 aliphatic rings. The van der Waals surface area contributed by atoms with Crippen molar-refractivity contribution >= 4 is 41.1 Å². The van der Waals surface area contributed by atoms with Gasteiger partial charge in [-0.15, -0.1) is 0 Å². The SMILES string of the molecule is CCc1nc2n(c1N(C)C1NC(c3ccc(F)cc3)=C(C#N)S1)NC(N1CCC(N(C)C(=O)N3CCOCC3)C1)S2. The maximum absolute atomic E-state index is 13.5. The lowest BCUT2D eigenvalue weighted by molar-refractivity contribution is 0.0422. The van der Waals surface area contributed by atoms with E-state index in [1.54, 1.807) is 23.9 Å². The molecular formula is C27H34FN9O2S2. The van der Waals surface area contributed by atoms with Crippen molar-refractivity contribution in [1.82, 2.24) is 29.7 Å². The molecule has 218 valence electrons. The van der Waals surface area contributed by atoms with Gasteiger partial charge in [0, 0.05) is 46.3 Å². The van der Waals surface area contributed by atoms with Gasteiger partial charge in [0.2, 0.25) is 0 Å². The van der Waals surface area contributed by atoms with Crippen molar-refractivity contribution < 1.29 is 13.9 Å². The van der Waals surface area contributed by atoms with Crippen LogP contribution in [-0.2, 0) is 11.2 Å². The van der Waals surface area contributed by atoms with Crippen molar-refractivity contribution in [2.45, 2.75) is 42.0 Å². The van der Waals surface area contributed by atoms with Crippen LogP contribution in [0, 0.1) is 17.1 Å². The van der Waals surface area contributed by atoms with E-state index in [-0.39, 0.29) is 28.9 Å². The number of likely N-dealkylation sites (N-methyl/N-ethyl adjacent to an activating group) is 1. The van der Waals surface area contributed by atoms with Crippen LogP contribution >= 0.6 is 23.5 Å². The number of nitriles is 1. The first-order valence-electron chi connectivity index (χ1n) is 13.8. The Kier molecular flexibility index (Phi) is 7.95. The molecule has 3 unspecified atom stereocenters. The molecule has 6 rings (SSSR count). The zero-order valence-electron chi connectivity index (χ0n) is 23.3. The van der Waals surface area contributed by atoms with Gasteiger partial charge in [-0.3, -0.25) is 10.3 Å². The van der Waals surface area contributed by atoms with E-state index in [1.807, 2.05) is 28.6 Å². The number of fused-ring (bicyclic) bond motifs is 1. The number of amides is 2. The fourth-order valence-corrected chi connectivity index (χ4v) is 7.75. The second kappa shape index (κ2) is 11.6. The Hall–Kier alpha value is -3.12. The van der Waals surface area contributed by atoms with Crippen LogP contribution in [-0.4, -0.2) is 101 Å². The van der Waals surface area contributed by atoms with E-state index in [9.17, 15) is 14.4 Å². The lowest BCUT2D eigenvalue weighted by Crippen LogP contribution is -2.51. The largest absolute Gasteiger partial charge is 0.378 e. The summed E-state index contributed by atoms with van der Waals surface area (Å²) < 4.78 is 21.0. The van der Waals surface area contributed by atoms with Gasteiger partial charge in [0.05, 0.1) is 24.6 Å². The van der Waals surface area contributed by atoms with E-state index in [2.05, 4.69) is 33.5 Å². The summed E-state index contributed by atoms with van der Waals surface area (Å²) in [5, 5.41) is 14.2. The van der Waals surface area contributed by atoms with E-state index in [4.69, 9.17) is 9.72 Å². The Bertz CT molecular complexity index is 1370. The molecule has 0 bridgehead atoms. The number of carbonyl (C=O) groups excluding carboxylic acids is 1. The van der Waals surface area contributed by atoms with E-state index in [0.717, 1.165) is 48.2 Å². The third-order valence-corrected chi connectivity index (χ3v) is 10.3. The van der Waals surface area contributed by atoms with E-state index >= 15 is 0 Å². The number of rotatable bonds is 6. The molecule has 0 saturated carbocycles. The van der Waals surface area contributed by atoms with Crippen molar-refractivity contribution in [3.8, 4) is 6.07 Å². The molecule has 2 fully saturated rings. The van der Waals surface area contributed by atoms with Gasteiger partial charge in [-0.05, 0) is 54.4 Å². The van der Waals surface area contributed by atoms with E-state index in [1.165, 1.54) is 23.9 Å². The van der Waals surface area contributed by atoms with Gasteiger partial charge in [-0.25, -0.2) is 18.8 Å². The normalized spacial score (nSPS) is 24.2. The van der Waals surface area contributed by atoms with Gasteiger partial charge in [0.15, 0.2) is 16.5 Å². The van der Waals surface area contributed by atoms with Crippen LogP contribution in [0.2, 0.25) is 0 Å². The first-order chi connectivity index (χ1) is 19.9. The number of halogens is 1. The van der Waals surface area contributed by atoms with Crippen LogP contribution in [0.3, 0.4) is 0 Å². The second-order valence-corrected chi connectivity index (χ2v) is 12.6. The number of nitrogens with one attached hydrogen (secondary N) is 2. The Labute approximate surface area is 247 Å². The van der Waals surface area contributed by atoms with Crippen molar-refractivity contribution in [3.05, 3.63) is 46.2 Å². The molecule has 41 heavy (non-hydrogen) atoms. The molecule has 2 N–H and O–H groups in total. The molecule has 11 nitrogen and oxygen atoms in total. The van der Waals surface area contributed by atoms with E-state index < -0.39 is 0 Å². The number of ether oxygens (including phenoxy) is 1. The lowest BCUT2D eigenvalue weighted by atomic mass is 10.1. The number of hydrogen-bond acceptors (Lipinski definition) is 10. The smallest absolute Gasteiger partial charge is 0.320 e. The van der Waals surface area contributed by atoms with E-state index in [0.29, 0.717) is 36.9 Å². The Morgan fingerprint density at radius 2 is 1.98 bits per heavy atom. The molecule has 3 atom stereocenters. The highest BCUT2D eigenvalue weighted by Crippen LogP contribution is 2.42. The highest BCUT2D eigenvalue weighted by molar-refractivity contribution is 8.04. The first kappa shape index (κ1) is 28.0. The summed E-state index contributed by atoms with van der Waals surface area (Å²) in [6.07, 6.45) is 1.67. The van der Waals surface area contributed by atoms with Gasteiger partial charge in [0.25, 0.3) is 0 Å². The molecule has 0 aliphatic carbocycles. The topological polar surface area (TPSA) is 105 Å². The summed E-state index contributed by atoms with van der Waals surface area (Å²) in [4.78, 5) is 26.8. The van der Waals surface area contributed by atoms with Crippen molar-refractivity contribution in [2.24, 2.45) is 0 Å². The average molecular weight is 600 g/mol. The molecule has 1 aromatic carbocycles. The highest BCUT2D eigenvalue weighted by Gasteiger charge is 2.40. The number of allylic oxidation sites excluding steroid dienone is 1. The predicted molar refractivity (Wildman–Crippen MR) is 158 cm³/mol. The van der Waals surface area contributed by atoms with Crippen molar-refractivity contribution in [3.63, 3.8) is 0 Å². The molecule has 2 saturated heterocycles. The van der Waals surface area contributed by atoms with Gasteiger partial charge < -0.3 is 24.8 Å². The summed E-state index contributed by atoms with van der Waals surface area (Å²) in [6, 6.07) is 8.69. The van der Waals surface area contributed by atoms with Crippen LogP contribution in [0.4, 0.5) is 15.0 Å². The minimum atomic E-state index is -0.313. The van der Waals surface area contributed by atoms with Gasteiger partial charge in [0.1, 0.15) is 22.3 Å². The standard InChI is InChI=1S/C27H34FN9O2S2/c1-4-20-23(34(3)24-31-22(21(15-29)40-24)17-5-7-18(28)8-6-17)37-25(30-20)41-26(32-37)36-10-9-19(16-36)33(2)27(38)35-11-13-39-14-12-35/h5-8,19,24,26,31-32H,4,9-14,16H2,1-3H3. The number of anilines is 1. The number of nitrogens with zero attached hydrogens (tertiary/aromatic N) is 7. The number of aryl methyl sites for hydroxylation is 1. The quantitative estimate of drug-likeness (QED) is 0.515. The molecule has 0 radical (unpaired) electrons. The van der Waals surface area contributed by atoms with Crippen LogP contribution in [0.5, 0.6) is 0 Å². The third kappa shape index (κ3) is 5.31. The number of urea groups is 1. The number of aromatic nitrogens is 2. The first-order valence-corrected chi connectivity index (χ1v) is 15.6. The molecule has 2 amide bonds. The summed E-state index contributed by atoms with van der Waals surface area (Å²) in [5.74, 6) is 0.628. The summed E-state index contributed by atoms with van der Waals surface area (Å²) in [7, 11) is 3.90. The summed E-state index contributed by atoms with van der Waals surface area (Å²) in [6.45, 7) is 6.22. The zero-order valence-corrected chi connectivity index (χ0v) is 25.0. The molecule has 0 spiro atoms. The molecule has 4 aliphatic heterocycles. The molecule has 2 aromatic rings. The minimum absolute atomic E-state index is 0.000735. The van der Waals surface area contributed by atoms with Crippen LogP contribution in [0.15, 0.2) is 34.3 Å². The second-order valence-electron chi connectivity index (χ2n) is 10.4. The number of hydrogen-bond donors (Lipinski definition) is 2. The minimum Gasteiger partial charge on any atom is -0.378 e. The Balaban J connectivity index is 1.13. The molecule has 5 heterocycles. The lowest BCUT2D eigenvalue weighted by Gasteiger charge is -2.34. The number of thioether (sulfide) groups is 2. The monoisotopic (exact) mass is 599 g/mol. The van der Waals surface area contributed by atoms with Crippen LogP contribution in [0.25, 0.3) is 5.70 Å². The Morgan fingerprint density at radius 3 is 2.68 bits per heavy atom. The number of benzene rings is 1. The molecule has 1 aromatic heterocycles. The zero-order chi connectivity index (χ0) is 28.7. The highest BCUT2D eigenvalue weighted by atomic mass is 32.2. The maximum atomic E-state index is 13.5. The fourth-order valence-electron chi connectivity index (χ4n) is 5.64. The molecule has 14 heteroatoms. The average Bonchev–Trinajstić information content (AvgIpc) is 3.79. The number of likely N-dealkylation sites (tertiary alicyclic amines) is 1. The summed E-state index contributed by atoms with van der Waals surface area (Å²) in [5.41, 5.74) is 5.84.